The summed E-state index contributed by atoms with van der Waals surface area (Å²) in [5.41, 5.74) is 2.29. The molecule has 1 N–H and O–H groups in total. The number of aryl methyl sites for hydroxylation is 2. The molecule has 5 heteroatoms. The van der Waals surface area contributed by atoms with Gasteiger partial charge in [-0.2, -0.15) is 0 Å². The van der Waals surface area contributed by atoms with Crippen molar-refractivity contribution >= 4 is 20.4 Å². The van der Waals surface area contributed by atoms with Gasteiger partial charge >= 0.3 is 0 Å². The van der Waals surface area contributed by atoms with Gasteiger partial charge in [0.05, 0.1) is 0 Å². The van der Waals surface area contributed by atoms with E-state index in [1.54, 1.807) is 0 Å². The third kappa shape index (κ3) is 17.2. The molecule has 0 radical (unpaired) electrons. The Kier molecular flexibility index (Phi) is 37.4. The molecule has 0 atom stereocenters. The first kappa shape index (κ1) is 23.1. The van der Waals surface area contributed by atoms with Crippen LogP contribution in [-0.2, 0) is 35.4 Å². The Morgan fingerprint density at radius 1 is 1.07 bits per heavy atom. The number of aromatic nitrogens is 1. The molecule has 0 aliphatic carbocycles. The Morgan fingerprint density at radius 3 is 1.50 bits per heavy atom. The minimum absolute atomic E-state index is 0. The molecular weight excluding hydrogens is 354 g/mol. The van der Waals surface area contributed by atoms with Gasteiger partial charge in [-0.3, -0.25) is 20.4 Å². The second-order valence-electron chi connectivity index (χ2n) is 1.72. The van der Waals surface area contributed by atoms with Crippen molar-refractivity contribution in [3.63, 3.8) is 0 Å². The third-order valence-electron chi connectivity index (χ3n) is 0.890. The molecule has 4 nitrogen and oxygen atoms in total. The topological polar surface area (TPSA) is 67.0 Å². The quantitative estimate of drug-likeness (QED) is 0.541. The summed E-state index contributed by atoms with van der Waals surface area (Å²) in [5, 5.41) is 0. The molecule has 0 unspecified atom stereocenters. The number of nitrogens with one attached hydrogen (secondary N) is 1. The Morgan fingerprint density at radius 2 is 1.43 bits per heavy atom. The summed E-state index contributed by atoms with van der Waals surface area (Å²) in [4.78, 5) is 26.3. The predicted molar refractivity (Wildman–Crippen MR) is 49.4 cm³/mol. The summed E-state index contributed by atoms with van der Waals surface area (Å²) in [6.07, 6.45) is 0. The molecule has 0 aliphatic heterocycles. The molecule has 80 valence electrons. The van der Waals surface area contributed by atoms with Gasteiger partial charge in [0.25, 0.3) is 0 Å². The molecule has 0 saturated carbocycles. The zero-order chi connectivity index (χ0) is 11.3. The number of rotatable bonds is 0. The Labute approximate surface area is 98.4 Å². The van der Waals surface area contributed by atoms with E-state index in [4.69, 9.17) is 14.4 Å². The van der Waals surface area contributed by atoms with Gasteiger partial charge < -0.3 is 19.4 Å². The average Bonchev–Trinajstić information content (AvgIpc) is 2.60. The number of aromatic amines is 1. The van der Waals surface area contributed by atoms with Crippen molar-refractivity contribution in [3.05, 3.63) is 23.5 Å². The van der Waals surface area contributed by atoms with E-state index in [1.165, 1.54) is 5.69 Å². The van der Waals surface area contributed by atoms with Crippen molar-refractivity contribution in [3.8, 4) is 0 Å². The standard InChI is InChI=1S/C6H8N.3CHO.W/c1-5-3-4-6(2)7-5;3*1-2;/h3,7H,1-2H3;3*1H;/q4*-1;. The van der Waals surface area contributed by atoms with Crippen molar-refractivity contribution in [1.29, 1.82) is 0 Å². The molecule has 14 heavy (non-hydrogen) atoms. The molecule has 0 saturated heterocycles. The minimum Gasteiger partial charge on any atom is -0.545 e. The molecule has 0 fully saturated rings. The maximum atomic E-state index is 7.75. The van der Waals surface area contributed by atoms with Crippen LogP contribution in [0, 0.1) is 19.9 Å². The number of hydrogen-bond acceptors (Lipinski definition) is 3. The molecule has 0 aromatic carbocycles. The molecule has 1 aromatic rings. The first-order valence-corrected chi connectivity index (χ1v) is 3.03. The van der Waals surface area contributed by atoms with Crippen LogP contribution in [0.2, 0.25) is 0 Å². The van der Waals surface area contributed by atoms with Crippen LogP contribution in [0.3, 0.4) is 0 Å². The summed E-state index contributed by atoms with van der Waals surface area (Å²) < 4.78 is 0. The van der Waals surface area contributed by atoms with Gasteiger partial charge in [0.15, 0.2) is 0 Å². The SMILES string of the molecule is Cc1[c-]cc(C)[nH]1.[CH-]=O.[CH-]=O.[CH-]=O.[W]. The Bertz CT molecular complexity index is 182. The van der Waals surface area contributed by atoms with Crippen LogP contribution in [-0.4, -0.2) is 25.4 Å². The average molecular weight is 365 g/mol. The first-order chi connectivity index (χ1) is 6.29. The molecule has 0 bridgehead atoms. The monoisotopic (exact) mass is 365 g/mol. The van der Waals surface area contributed by atoms with Crippen molar-refractivity contribution in [2.45, 2.75) is 13.8 Å². The van der Waals surface area contributed by atoms with E-state index in [9.17, 15) is 0 Å². The van der Waals surface area contributed by atoms with Crippen molar-refractivity contribution in [2.24, 2.45) is 0 Å². The summed E-state index contributed by atoms with van der Waals surface area (Å²) in [6, 6.07) is 4.95. The van der Waals surface area contributed by atoms with Gasteiger partial charge in [0.1, 0.15) is 0 Å². The molecule has 0 amide bonds. The van der Waals surface area contributed by atoms with E-state index in [2.05, 4.69) is 31.4 Å². The van der Waals surface area contributed by atoms with Crippen LogP contribution in [0.5, 0.6) is 0 Å². The zero-order valence-electron chi connectivity index (χ0n) is 7.94. The van der Waals surface area contributed by atoms with E-state index in [1.807, 2.05) is 19.9 Å². The van der Waals surface area contributed by atoms with Crippen molar-refractivity contribution in [2.75, 3.05) is 0 Å². The van der Waals surface area contributed by atoms with Gasteiger partial charge in [0, 0.05) is 21.1 Å². The van der Waals surface area contributed by atoms with Gasteiger partial charge in [0.2, 0.25) is 0 Å². The van der Waals surface area contributed by atoms with Crippen LogP contribution < -0.4 is 0 Å². The van der Waals surface area contributed by atoms with Crippen LogP contribution in [0.25, 0.3) is 0 Å². The summed E-state index contributed by atoms with van der Waals surface area (Å²) >= 11 is 0. The largest absolute Gasteiger partial charge is 0.545 e. The van der Waals surface area contributed by atoms with E-state index in [0.717, 1.165) is 5.69 Å². The fraction of sp³-hybridized carbons (Fsp3) is 0.222. The van der Waals surface area contributed by atoms with Gasteiger partial charge in [-0.25, -0.2) is 12.1 Å². The molecule has 0 aliphatic rings. The van der Waals surface area contributed by atoms with Crippen LogP contribution in [0.15, 0.2) is 6.07 Å². The normalized spacial score (nSPS) is 5.57. The van der Waals surface area contributed by atoms with Gasteiger partial charge in [-0.05, 0) is 6.92 Å². The molecule has 1 heterocycles. The van der Waals surface area contributed by atoms with Crippen molar-refractivity contribution < 1.29 is 35.4 Å². The number of carbonyl (C=O) groups excluding carboxylic acids is 3. The number of H-pyrrole nitrogens is 1. The summed E-state index contributed by atoms with van der Waals surface area (Å²) in [7, 11) is 0. The second-order valence-corrected chi connectivity index (χ2v) is 1.72. The van der Waals surface area contributed by atoms with E-state index in [-0.39, 0.29) is 21.1 Å². The fourth-order valence-corrected chi connectivity index (χ4v) is 0.584. The molecule has 1 aromatic heterocycles. The second kappa shape index (κ2) is 22.7. The molecule has 0 spiro atoms. The predicted octanol–water partition coefficient (Wildman–Crippen LogP) is 0.607. The maximum Gasteiger partial charge on any atom is 0 e. The van der Waals surface area contributed by atoms with Crippen LogP contribution >= 0.6 is 0 Å². The smallest absolute Gasteiger partial charge is 0 e. The number of hydrogen-bond donors (Lipinski definition) is 1. The summed E-state index contributed by atoms with van der Waals surface area (Å²) in [5.74, 6) is 0. The fourth-order valence-electron chi connectivity index (χ4n) is 0.584. The van der Waals surface area contributed by atoms with E-state index in [0.29, 0.717) is 0 Å². The first-order valence-electron chi connectivity index (χ1n) is 3.03. The van der Waals surface area contributed by atoms with Gasteiger partial charge in [-0.15, -0.1) is 5.69 Å². The molecular formula is C9H11NO3W-4. The van der Waals surface area contributed by atoms with Crippen molar-refractivity contribution in [1.82, 2.24) is 4.98 Å². The maximum absolute atomic E-state index is 7.75. The Hall–Kier alpha value is -1.02. The minimum atomic E-state index is 0. The third-order valence-corrected chi connectivity index (χ3v) is 0.890. The molecule has 1 rings (SSSR count). The summed E-state index contributed by atoms with van der Waals surface area (Å²) in [6.45, 7) is 13.8. The van der Waals surface area contributed by atoms with E-state index >= 15 is 0 Å². The Balaban J connectivity index is -0.0000000625. The van der Waals surface area contributed by atoms with Crippen LogP contribution in [0.1, 0.15) is 11.4 Å². The zero-order valence-corrected chi connectivity index (χ0v) is 10.9. The van der Waals surface area contributed by atoms with E-state index < -0.39 is 0 Å². The van der Waals surface area contributed by atoms with Crippen LogP contribution in [0.4, 0.5) is 0 Å². The van der Waals surface area contributed by atoms with Gasteiger partial charge in [-0.1, -0.05) is 12.6 Å².